The summed E-state index contributed by atoms with van der Waals surface area (Å²) >= 11 is 0. The van der Waals surface area contributed by atoms with Gasteiger partial charge in [0.2, 0.25) is 11.9 Å². The predicted octanol–water partition coefficient (Wildman–Crippen LogP) is 6.08. The van der Waals surface area contributed by atoms with Crippen molar-refractivity contribution in [2.75, 3.05) is 23.1 Å². The van der Waals surface area contributed by atoms with Crippen molar-refractivity contribution in [2.24, 2.45) is 0 Å². The second kappa shape index (κ2) is 10.7. The molecule has 178 valence electrons. The average molecular weight is 468 g/mol. The molecule has 0 aliphatic heterocycles. The van der Waals surface area contributed by atoms with Crippen molar-refractivity contribution in [2.45, 2.75) is 27.2 Å². The Balaban J connectivity index is 1.37. The quantitative estimate of drug-likeness (QED) is 0.291. The number of hydrogen-bond acceptors (Lipinski definition) is 6. The Hall–Kier alpha value is -4.39. The predicted molar refractivity (Wildman–Crippen MR) is 141 cm³/mol. The van der Waals surface area contributed by atoms with E-state index in [2.05, 4.69) is 32.8 Å². The van der Waals surface area contributed by atoms with Gasteiger partial charge in [-0.05, 0) is 74.4 Å². The van der Waals surface area contributed by atoms with Crippen LogP contribution in [0.1, 0.15) is 22.4 Å². The van der Waals surface area contributed by atoms with Crippen molar-refractivity contribution >= 4 is 34.7 Å². The second-order valence-electron chi connectivity index (χ2n) is 8.44. The monoisotopic (exact) mass is 467 g/mol. The SMILES string of the molecule is COc1ccc(CC(=O)Nc2ccc(Nc3nc(C)cc(Nc4ccc(C)cc4)n3)cc2)cc1C. The summed E-state index contributed by atoms with van der Waals surface area (Å²) in [6, 6.07) is 23.2. The van der Waals surface area contributed by atoms with Crippen molar-refractivity contribution in [3.05, 3.63) is 95.2 Å². The number of anilines is 5. The minimum atomic E-state index is -0.0795. The summed E-state index contributed by atoms with van der Waals surface area (Å²) in [5.74, 6) is 1.93. The van der Waals surface area contributed by atoms with E-state index in [-0.39, 0.29) is 5.91 Å². The van der Waals surface area contributed by atoms with Crippen LogP contribution in [0.25, 0.3) is 0 Å². The van der Waals surface area contributed by atoms with E-state index in [0.717, 1.165) is 39.6 Å². The summed E-state index contributed by atoms with van der Waals surface area (Å²) < 4.78 is 5.28. The lowest BCUT2D eigenvalue weighted by molar-refractivity contribution is -0.115. The smallest absolute Gasteiger partial charge is 0.229 e. The zero-order valence-electron chi connectivity index (χ0n) is 20.3. The number of hydrogen-bond donors (Lipinski definition) is 3. The maximum atomic E-state index is 12.5. The van der Waals surface area contributed by atoms with Gasteiger partial charge >= 0.3 is 0 Å². The minimum absolute atomic E-state index is 0.0795. The molecule has 1 heterocycles. The lowest BCUT2D eigenvalue weighted by Crippen LogP contribution is -2.14. The molecule has 0 saturated carbocycles. The number of methoxy groups -OCH3 is 1. The van der Waals surface area contributed by atoms with Crippen LogP contribution < -0.4 is 20.7 Å². The fourth-order valence-corrected chi connectivity index (χ4v) is 3.68. The van der Waals surface area contributed by atoms with Crippen LogP contribution in [-0.4, -0.2) is 23.0 Å². The molecule has 35 heavy (non-hydrogen) atoms. The van der Waals surface area contributed by atoms with E-state index in [1.165, 1.54) is 5.56 Å². The van der Waals surface area contributed by atoms with Gasteiger partial charge < -0.3 is 20.7 Å². The maximum absolute atomic E-state index is 12.5. The summed E-state index contributed by atoms with van der Waals surface area (Å²) in [5, 5.41) is 9.48. The van der Waals surface area contributed by atoms with Crippen LogP contribution in [0.3, 0.4) is 0 Å². The molecule has 1 amide bonds. The number of rotatable bonds is 8. The number of amides is 1. The van der Waals surface area contributed by atoms with Gasteiger partial charge in [0.05, 0.1) is 13.5 Å². The molecule has 1 aromatic heterocycles. The Bertz CT molecular complexity index is 1320. The van der Waals surface area contributed by atoms with E-state index in [1.807, 2.05) is 86.6 Å². The molecule has 0 unspecified atom stereocenters. The summed E-state index contributed by atoms with van der Waals surface area (Å²) in [4.78, 5) is 21.5. The number of aromatic nitrogens is 2. The highest BCUT2D eigenvalue weighted by Gasteiger charge is 2.08. The summed E-state index contributed by atoms with van der Waals surface area (Å²) in [5.41, 5.74) is 6.49. The number of nitrogens with zero attached hydrogens (tertiary/aromatic N) is 2. The molecule has 0 bridgehead atoms. The molecule has 0 spiro atoms. The first kappa shape index (κ1) is 23.8. The number of aryl methyl sites for hydroxylation is 3. The van der Waals surface area contributed by atoms with Gasteiger partial charge in [0.1, 0.15) is 11.6 Å². The highest BCUT2D eigenvalue weighted by Crippen LogP contribution is 2.22. The van der Waals surface area contributed by atoms with Gasteiger partial charge in [-0.1, -0.05) is 29.8 Å². The van der Waals surface area contributed by atoms with Gasteiger partial charge in [0.15, 0.2) is 0 Å². The third kappa shape index (κ3) is 6.57. The maximum Gasteiger partial charge on any atom is 0.229 e. The first-order valence-corrected chi connectivity index (χ1v) is 11.4. The van der Waals surface area contributed by atoms with E-state index >= 15 is 0 Å². The lowest BCUT2D eigenvalue weighted by atomic mass is 10.1. The Labute approximate surface area is 205 Å². The molecule has 0 fully saturated rings. The van der Waals surface area contributed by atoms with Crippen LogP contribution >= 0.6 is 0 Å². The normalized spacial score (nSPS) is 10.5. The molecule has 0 radical (unpaired) electrons. The molecular weight excluding hydrogens is 438 g/mol. The minimum Gasteiger partial charge on any atom is -0.496 e. The molecule has 7 nitrogen and oxygen atoms in total. The first-order valence-electron chi connectivity index (χ1n) is 11.4. The highest BCUT2D eigenvalue weighted by molar-refractivity contribution is 5.92. The summed E-state index contributed by atoms with van der Waals surface area (Å²) in [7, 11) is 1.64. The number of carbonyl (C=O) groups is 1. The number of benzene rings is 3. The van der Waals surface area contributed by atoms with Crippen molar-refractivity contribution in [3.8, 4) is 5.75 Å². The van der Waals surface area contributed by atoms with Gasteiger partial charge in [-0.2, -0.15) is 4.98 Å². The zero-order chi connectivity index (χ0) is 24.8. The number of nitrogens with one attached hydrogen (secondary N) is 3. The fourth-order valence-electron chi connectivity index (χ4n) is 3.68. The van der Waals surface area contributed by atoms with E-state index in [0.29, 0.717) is 18.2 Å². The Morgan fingerprint density at radius 3 is 2.14 bits per heavy atom. The topological polar surface area (TPSA) is 88.2 Å². The Morgan fingerprint density at radius 1 is 0.800 bits per heavy atom. The lowest BCUT2D eigenvalue weighted by Gasteiger charge is -2.11. The third-order valence-corrected chi connectivity index (χ3v) is 5.43. The number of ether oxygens (including phenoxy) is 1. The Morgan fingerprint density at radius 2 is 1.46 bits per heavy atom. The van der Waals surface area contributed by atoms with Crippen molar-refractivity contribution in [1.82, 2.24) is 9.97 Å². The third-order valence-electron chi connectivity index (χ3n) is 5.43. The molecule has 0 aliphatic carbocycles. The van der Waals surface area contributed by atoms with E-state index in [1.54, 1.807) is 7.11 Å². The second-order valence-corrected chi connectivity index (χ2v) is 8.44. The van der Waals surface area contributed by atoms with E-state index < -0.39 is 0 Å². The van der Waals surface area contributed by atoms with Gasteiger partial charge in [-0.15, -0.1) is 0 Å². The summed E-state index contributed by atoms with van der Waals surface area (Å²) in [6.45, 7) is 5.95. The van der Waals surface area contributed by atoms with Crippen molar-refractivity contribution in [1.29, 1.82) is 0 Å². The van der Waals surface area contributed by atoms with Crippen molar-refractivity contribution in [3.63, 3.8) is 0 Å². The van der Waals surface area contributed by atoms with Gasteiger partial charge in [0, 0.05) is 28.8 Å². The molecule has 4 aromatic rings. The molecule has 7 heteroatoms. The standard InChI is InChI=1S/C28H29N5O2/c1-18-5-8-22(9-6-18)30-26-16-20(3)29-28(33-26)32-24-12-10-23(11-13-24)31-27(34)17-21-7-14-25(35-4)19(2)15-21/h5-16H,17H2,1-4H3,(H,31,34)(H2,29,30,32,33). The summed E-state index contributed by atoms with van der Waals surface area (Å²) in [6.07, 6.45) is 0.290. The molecule has 0 saturated heterocycles. The molecule has 0 aliphatic rings. The van der Waals surface area contributed by atoms with Crippen LogP contribution in [0.15, 0.2) is 72.8 Å². The average Bonchev–Trinajstić information content (AvgIpc) is 2.82. The largest absolute Gasteiger partial charge is 0.496 e. The molecule has 3 aromatic carbocycles. The highest BCUT2D eigenvalue weighted by atomic mass is 16.5. The van der Waals surface area contributed by atoms with Crippen LogP contribution in [0.4, 0.5) is 28.8 Å². The van der Waals surface area contributed by atoms with Gasteiger partial charge in [-0.25, -0.2) is 4.98 Å². The first-order chi connectivity index (χ1) is 16.9. The van der Waals surface area contributed by atoms with Gasteiger partial charge in [0.25, 0.3) is 0 Å². The zero-order valence-corrected chi connectivity index (χ0v) is 20.3. The molecule has 3 N–H and O–H groups in total. The fraction of sp³-hybridized carbons (Fsp3) is 0.179. The van der Waals surface area contributed by atoms with E-state index in [9.17, 15) is 4.79 Å². The number of carbonyl (C=O) groups excluding carboxylic acids is 1. The van der Waals surface area contributed by atoms with Crippen LogP contribution in [0, 0.1) is 20.8 Å². The van der Waals surface area contributed by atoms with Crippen LogP contribution in [-0.2, 0) is 11.2 Å². The van der Waals surface area contributed by atoms with Crippen LogP contribution in [0.5, 0.6) is 5.75 Å². The molecule has 0 atom stereocenters. The van der Waals surface area contributed by atoms with E-state index in [4.69, 9.17) is 4.74 Å². The van der Waals surface area contributed by atoms with Crippen LogP contribution in [0.2, 0.25) is 0 Å². The van der Waals surface area contributed by atoms with Gasteiger partial charge in [-0.3, -0.25) is 4.79 Å². The molecule has 4 rings (SSSR count). The Kier molecular flexibility index (Phi) is 7.26. The van der Waals surface area contributed by atoms with Crippen molar-refractivity contribution < 1.29 is 9.53 Å². The molecular formula is C28H29N5O2.